The normalized spacial score (nSPS) is 10.3. The van der Waals surface area contributed by atoms with Crippen LogP contribution >= 0.6 is 11.6 Å². The number of anilines is 2. The van der Waals surface area contributed by atoms with Crippen molar-refractivity contribution in [1.29, 1.82) is 0 Å². The van der Waals surface area contributed by atoms with Gasteiger partial charge in [0.1, 0.15) is 11.6 Å². The largest absolute Gasteiger partial charge is 0.497 e. The van der Waals surface area contributed by atoms with Crippen LogP contribution in [-0.4, -0.2) is 25.7 Å². The first-order valence-corrected chi connectivity index (χ1v) is 7.26. The summed E-state index contributed by atoms with van der Waals surface area (Å²) in [5.74, 6) is 1.68. The van der Waals surface area contributed by atoms with Crippen molar-refractivity contribution in [3.05, 3.63) is 47.1 Å². The number of aromatic nitrogens is 1. The molecule has 0 amide bonds. The maximum atomic E-state index is 6.24. The highest BCUT2D eigenvalue weighted by Gasteiger charge is 2.09. The molecule has 2 rings (SSSR count). The molecule has 1 heterocycles. The molecule has 0 fully saturated rings. The Morgan fingerprint density at radius 3 is 2.81 bits per heavy atom. The molecule has 0 unspecified atom stereocenters. The van der Waals surface area contributed by atoms with E-state index < -0.39 is 0 Å². The Hall–Kier alpha value is -1.94. The highest BCUT2D eigenvalue weighted by Crippen LogP contribution is 2.24. The lowest BCUT2D eigenvalue weighted by molar-refractivity contribution is 0.415. The van der Waals surface area contributed by atoms with E-state index in [0.717, 1.165) is 29.5 Å². The van der Waals surface area contributed by atoms with Crippen molar-refractivity contribution in [1.82, 2.24) is 4.98 Å². The predicted molar refractivity (Wildman–Crippen MR) is 88.5 cm³/mol. The first-order chi connectivity index (χ1) is 10.1. The Kier molecular flexibility index (Phi) is 5.28. The molecule has 0 bridgehead atoms. The lowest BCUT2D eigenvalue weighted by Crippen LogP contribution is -2.18. The number of pyridine rings is 1. The molecule has 1 N–H and O–H groups in total. The quantitative estimate of drug-likeness (QED) is 0.880. The standard InChI is InChI=1S/C16H20ClN3O/c1-4-18-16-9-8-14(17)15(19-16)11-20(2)12-6-5-7-13(10-12)21-3/h5-10H,4,11H2,1-3H3,(H,18,19). The lowest BCUT2D eigenvalue weighted by Gasteiger charge is -2.20. The molecule has 1 aromatic carbocycles. The van der Waals surface area contributed by atoms with Gasteiger partial charge < -0.3 is 15.0 Å². The first-order valence-electron chi connectivity index (χ1n) is 6.88. The Labute approximate surface area is 130 Å². The Bertz CT molecular complexity index is 604. The number of halogens is 1. The van der Waals surface area contributed by atoms with Crippen molar-refractivity contribution in [2.45, 2.75) is 13.5 Å². The summed E-state index contributed by atoms with van der Waals surface area (Å²) >= 11 is 6.24. The van der Waals surface area contributed by atoms with Gasteiger partial charge in [0.15, 0.2) is 0 Å². The zero-order valence-electron chi connectivity index (χ0n) is 12.6. The minimum absolute atomic E-state index is 0.630. The summed E-state index contributed by atoms with van der Waals surface area (Å²) in [5, 5.41) is 3.87. The molecule has 0 aliphatic heterocycles. The van der Waals surface area contributed by atoms with Gasteiger partial charge in [0.25, 0.3) is 0 Å². The molecular formula is C16H20ClN3O. The van der Waals surface area contributed by atoms with Gasteiger partial charge in [-0.1, -0.05) is 17.7 Å². The van der Waals surface area contributed by atoms with Gasteiger partial charge in [0, 0.05) is 25.3 Å². The molecule has 0 spiro atoms. The Morgan fingerprint density at radius 1 is 1.29 bits per heavy atom. The Balaban J connectivity index is 2.18. The van der Waals surface area contributed by atoms with E-state index in [0.29, 0.717) is 11.6 Å². The maximum Gasteiger partial charge on any atom is 0.126 e. The molecule has 21 heavy (non-hydrogen) atoms. The molecular weight excluding hydrogens is 286 g/mol. The van der Waals surface area contributed by atoms with Gasteiger partial charge in [-0.15, -0.1) is 0 Å². The molecule has 5 heteroatoms. The molecule has 0 aliphatic rings. The second-order valence-electron chi connectivity index (χ2n) is 4.71. The van der Waals surface area contributed by atoms with Crippen molar-refractivity contribution in [2.75, 3.05) is 30.9 Å². The minimum atomic E-state index is 0.630. The predicted octanol–water partition coefficient (Wildman–Crippen LogP) is 3.81. The second kappa shape index (κ2) is 7.18. The van der Waals surface area contributed by atoms with Crippen molar-refractivity contribution in [3.8, 4) is 5.75 Å². The first kappa shape index (κ1) is 15.4. The van der Waals surface area contributed by atoms with E-state index in [2.05, 4.69) is 15.2 Å². The molecule has 1 aromatic heterocycles. The summed E-state index contributed by atoms with van der Waals surface area (Å²) in [6.07, 6.45) is 0. The van der Waals surface area contributed by atoms with E-state index >= 15 is 0 Å². The van der Waals surface area contributed by atoms with Crippen LogP contribution < -0.4 is 15.0 Å². The van der Waals surface area contributed by atoms with E-state index in [1.54, 1.807) is 7.11 Å². The molecule has 0 radical (unpaired) electrons. The number of methoxy groups -OCH3 is 1. The topological polar surface area (TPSA) is 37.4 Å². The number of nitrogens with zero attached hydrogens (tertiary/aromatic N) is 2. The van der Waals surface area contributed by atoms with Gasteiger partial charge >= 0.3 is 0 Å². The monoisotopic (exact) mass is 305 g/mol. The van der Waals surface area contributed by atoms with E-state index in [-0.39, 0.29) is 0 Å². The van der Waals surface area contributed by atoms with Gasteiger partial charge in [-0.25, -0.2) is 4.98 Å². The fourth-order valence-electron chi connectivity index (χ4n) is 2.04. The average Bonchev–Trinajstić information content (AvgIpc) is 2.51. The fourth-order valence-corrected chi connectivity index (χ4v) is 2.20. The molecule has 112 valence electrons. The van der Waals surface area contributed by atoms with E-state index in [1.165, 1.54) is 0 Å². The summed E-state index contributed by atoms with van der Waals surface area (Å²) in [4.78, 5) is 6.64. The number of rotatable bonds is 6. The number of nitrogens with one attached hydrogen (secondary N) is 1. The summed E-state index contributed by atoms with van der Waals surface area (Å²) < 4.78 is 5.25. The molecule has 0 aliphatic carbocycles. The van der Waals surface area contributed by atoms with Crippen LogP contribution in [0.15, 0.2) is 36.4 Å². The fraction of sp³-hybridized carbons (Fsp3) is 0.312. The van der Waals surface area contributed by atoms with Gasteiger partial charge in [-0.05, 0) is 31.2 Å². The van der Waals surface area contributed by atoms with Crippen molar-refractivity contribution >= 4 is 23.1 Å². The van der Waals surface area contributed by atoms with Gasteiger partial charge in [-0.3, -0.25) is 0 Å². The number of hydrogen-bond donors (Lipinski definition) is 1. The van der Waals surface area contributed by atoms with Crippen molar-refractivity contribution in [3.63, 3.8) is 0 Å². The second-order valence-corrected chi connectivity index (χ2v) is 5.12. The third-order valence-corrected chi connectivity index (χ3v) is 3.50. The van der Waals surface area contributed by atoms with E-state index in [4.69, 9.17) is 16.3 Å². The summed E-state index contributed by atoms with van der Waals surface area (Å²) in [6, 6.07) is 11.7. The zero-order valence-corrected chi connectivity index (χ0v) is 13.3. The van der Waals surface area contributed by atoms with Crippen LogP contribution in [0.2, 0.25) is 5.02 Å². The minimum Gasteiger partial charge on any atom is -0.497 e. The smallest absolute Gasteiger partial charge is 0.126 e. The third-order valence-electron chi connectivity index (χ3n) is 3.16. The SMILES string of the molecule is CCNc1ccc(Cl)c(CN(C)c2cccc(OC)c2)n1. The highest BCUT2D eigenvalue weighted by molar-refractivity contribution is 6.31. The summed E-state index contributed by atoms with van der Waals surface area (Å²) in [7, 11) is 3.67. The third kappa shape index (κ3) is 4.02. The van der Waals surface area contributed by atoms with Crippen LogP contribution in [0.1, 0.15) is 12.6 Å². The van der Waals surface area contributed by atoms with Crippen molar-refractivity contribution < 1.29 is 4.74 Å². The Morgan fingerprint density at radius 2 is 2.10 bits per heavy atom. The van der Waals surface area contributed by atoms with Crippen LogP contribution in [0, 0.1) is 0 Å². The van der Waals surface area contributed by atoms with E-state index in [9.17, 15) is 0 Å². The van der Waals surface area contributed by atoms with Crippen LogP contribution in [0.4, 0.5) is 11.5 Å². The summed E-state index contributed by atoms with van der Waals surface area (Å²) in [6.45, 7) is 3.50. The number of hydrogen-bond acceptors (Lipinski definition) is 4. The number of ether oxygens (including phenoxy) is 1. The molecule has 4 nitrogen and oxygen atoms in total. The van der Waals surface area contributed by atoms with Crippen LogP contribution in [0.25, 0.3) is 0 Å². The van der Waals surface area contributed by atoms with Gasteiger partial charge in [-0.2, -0.15) is 0 Å². The number of benzene rings is 1. The molecule has 0 atom stereocenters. The van der Waals surface area contributed by atoms with Crippen LogP contribution in [-0.2, 0) is 6.54 Å². The van der Waals surface area contributed by atoms with Crippen LogP contribution in [0.5, 0.6) is 5.75 Å². The highest BCUT2D eigenvalue weighted by atomic mass is 35.5. The van der Waals surface area contributed by atoms with Crippen molar-refractivity contribution in [2.24, 2.45) is 0 Å². The van der Waals surface area contributed by atoms with Gasteiger partial charge in [0.05, 0.1) is 24.4 Å². The summed E-state index contributed by atoms with van der Waals surface area (Å²) in [5.41, 5.74) is 1.90. The lowest BCUT2D eigenvalue weighted by atomic mass is 10.2. The van der Waals surface area contributed by atoms with Gasteiger partial charge in [0.2, 0.25) is 0 Å². The average molecular weight is 306 g/mol. The zero-order chi connectivity index (χ0) is 15.2. The van der Waals surface area contributed by atoms with Crippen LogP contribution in [0.3, 0.4) is 0 Å². The maximum absolute atomic E-state index is 6.24. The molecule has 0 saturated carbocycles. The van der Waals surface area contributed by atoms with E-state index in [1.807, 2.05) is 50.4 Å². The molecule has 0 saturated heterocycles. The molecule has 2 aromatic rings.